The normalized spacial score (nSPS) is 10.3. The number of aliphatic carboxylic acids is 2. The fourth-order valence-corrected chi connectivity index (χ4v) is 1.90. The maximum absolute atomic E-state index is 10.1. The van der Waals surface area contributed by atoms with Gasteiger partial charge in [-0.25, -0.2) is 9.59 Å². The number of hydrogen-bond acceptors (Lipinski definition) is 6. The second-order valence-electron chi connectivity index (χ2n) is 5.80. The van der Waals surface area contributed by atoms with Gasteiger partial charge in [0.1, 0.15) is 0 Å². The number of hydrogen-bond donors (Lipinski definition) is 4. The summed E-state index contributed by atoms with van der Waals surface area (Å²) in [6.07, 6.45) is 14.2. The first kappa shape index (κ1) is 39.6. The summed E-state index contributed by atoms with van der Waals surface area (Å²) in [5.41, 5.74) is 0. The Labute approximate surface area is 200 Å². The Morgan fingerprint density at radius 2 is 1.33 bits per heavy atom. The van der Waals surface area contributed by atoms with Gasteiger partial charge in [-0.1, -0.05) is 64.7 Å². The topological polar surface area (TPSA) is 210 Å². The fraction of sp³-hybridized carbons (Fsp3) is 0.765. The van der Waals surface area contributed by atoms with Crippen LogP contribution in [0.25, 0.3) is 0 Å². The SMILES string of the molecule is O.O=C=NC(CC(=O)O)C(=O)O.O=S(=O)(O)O.[CH2-]CCCCCCCCCCC.[Na+]. The van der Waals surface area contributed by atoms with E-state index in [1.54, 1.807) is 0 Å². The van der Waals surface area contributed by atoms with Gasteiger partial charge in [0.15, 0.2) is 6.04 Å². The number of carbonyl (C=O) groups is 2. The van der Waals surface area contributed by atoms with Crippen LogP contribution in [0.3, 0.4) is 0 Å². The van der Waals surface area contributed by atoms with E-state index in [0.29, 0.717) is 0 Å². The van der Waals surface area contributed by atoms with Crippen molar-refractivity contribution in [1.29, 1.82) is 0 Å². The molecule has 0 saturated carbocycles. The molecule has 0 heterocycles. The van der Waals surface area contributed by atoms with E-state index in [1.807, 2.05) is 0 Å². The van der Waals surface area contributed by atoms with Crippen molar-refractivity contribution in [3.8, 4) is 0 Å². The van der Waals surface area contributed by atoms with Crippen LogP contribution in [-0.4, -0.2) is 57.3 Å². The Hall–Kier alpha value is -0.850. The molecule has 0 radical (unpaired) electrons. The standard InChI is InChI=1S/C12H25.C5H5NO5.Na.H2O4S.H2O/c1-3-5-7-9-11-12-10-8-6-4-2;7-2-6-3(5(10)11)1-4(8)9;;1-5(2,3)4;/h1,3-12H2,2H3;3H,1H2,(H,8,9)(H,10,11);;(H2,1,2,3,4);1H2/q-1;;+1;;. The second kappa shape index (κ2) is 28.1. The van der Waals surface area contributed by atoms with Crippen molar-refractivity contribution in [3.05, 3.63) is 6.92 Å². The zero-order chi connectivity index (χ0) is 22.4. The van der Waals surface area contributed by atoms with E-state index in [9.17, 15) is 14.4 Å². The molecule has 0 aromatic heterocycles. The van der Waals surface area contributed by atoms with E-state index in [-0.39, 0.29) is 35.0 Å². The van der Waals surface area contributed by atoms with Crippen LogP contribution in [0.15, 0.2) is 4.99 Å². The number of unbranched alkanes of at least 4 members (excludes halogenated alkanes) is 9. The van der Waals surface area contributed by atoms with E-state index >= 15 is 0 Å². The maximum atomic E-state index is 10.1. The summed E-state index contributed by atoms with van der Waals surface area (Å²) in [6, 6.07) is -1.52. The van der Waals surface area contributed by atoms with Crippen molar-refractivity contribution >= 4 is 28.4 Å². The zero-order valence-corrected chi connectivity index (χ0v) is 20.6. The minimum atomic E-state index is -4.67. The average Bonchev–Trinajstić information content (AvgIpc) is 2.55. The summed E-state index contributed by atoms with van der Waals surface area (Å²) < 4.78 is 31.6. The van der Waals surface area contributed by atoms with E-state index in [0.717, 1.165) is 12.5 Å². The Morgan fingerprint density at radius 3 is 1.60 bits per heavy atom. The summed E-state index contributed by atoms with van der Waals surface area (Å²) in [4.78, 5) is 32.4. The first-order chi connectivity index (χ1) is 13.0. The van der Waals surface area contributed by atoms with Gasteiger partial charge in [-0.3, -0.25) is 13.9 Å². The Bertz CT molecular complexity index is 531. The number of carboxylic acid groups (broad SMARTS) is 2. The molecule has 0 aromatic rings. The van der Waals surface area contributed by atoms with E-state index in [2.05, 4.69) is 18.8 Å². The number of carboxylic acids is 2. The first-order valence-corrected chi connectivity index (χ1v) is 10.4. The van der Waals surface area contributed by atoms with Crippen molar-refractivity contribution in [2.75, 3.05) is 0 Å². The van der Waals surface area contributed by atoms with Crippen LogP contribution >= 0.6 is 0 Å². The van der Waals surface area contributed by atoms with E-state index < -0.39 is 34.8 Å². The molecule has 0 aliphatic carbocycles. The number of rotatable bonds is 13. The quantitative estimate of drug-likeness (QED) is 0.0686. The number of carbonyl (C=O) groups excluding carboxylic acids is 1. The summed E-state index contributed by atoms with van der Waals surface area (Å²) in [5, 5.41) is 16.3. The van der Waals surface area contributed by atoms with Crippen molar-refractivity contribution in [1.82, 2.24) is 0 Å². The zero-order valence-electron chi connectivity index (χ0n) is 17.7. The van der Waals surface area contributed by atoms with Crippen molar-refractivity contribution in [2.24, 2.45) is 4.99 Å². The first-order valence-electron chi connectivity index (χ1n) is 9.00. The molecule has 0 aliphatic heterocycles. The molecule has 13 heteroatoms. The smallest absolute Gasteiger partial charge is 0.481 e. The van der Waals surface area contributed by atoms with E-state index in [1.165, 1.54) is 57.8 Å². The molecule has 0 saturated heterocycles. The third kappa shape index (κ3) is 50.6. The van der Waals surface area contributed by atoms with Crippen molar-refractivity contribution < 1.29 is 77.2 Å². The summed E-state index contributed by atoms with van der Waals surface area (Å²) in [5.74, 6) is -2.77. The average molecular weight is 468 g/mol. The molecular weight excluding hydrogens is 433 g/mol. The minimum Gasteiger partial charge on any atom is -0.481 e. The van der Waals surface area contributed by atoms with Crippen LogP contribution in [0.5, 0.6) is 0 Å². The van der Waals surface area contributed by atoms with Crippen molar-refractivity contribution in [3.63, 3.8) is 0 Å². The van der Waals surface area contributed by atoms with Crippen LogP contribution in [-0.2, 0) is 24.8 Å². The molecule has 1 unspecified atom stereocenters. The van der Waals surface area contributed by atoms with E-state index in [4.69, 9.17) is 27.7 Å². The molecule has 1 atom stereocenters. The molecule has 6 N–H and O–H groups in total. The fourth-order valence-electron chi connectivity index (χ4n) is 1.90. The van der Waals surface area contributed by atoms with Crippen LogP contribution in [0, 0.1) is 6.92 Å². The molecule has 11 nitrogen and oxygen atoms in total. The van der Waals surface area contributed by atoms with Gasteiger partial charge in [0.25, 0.3) is 0 Å². The Kier molecular flexibility index (Phi) is 37.2. The van der Waals surface area contributed by atoms with Gasteiger partial charge >= 0.3 is 51.9 Å². The van der Waals surface area contributed by atoms with Gasteiger partial charge < -0.3 is 22.6 Å². The van der Waals surface area contributed by atoms with Crippen molar-refractivity contribution in [2.45, 2.75) is 83.6 Å². The molecule has 0 aliphatic rings. The second-order valence-corrected chi connectivity index (χ2v) is 6.70. The number of aliphatic imine (C=N–C) groups is 1. The molecule has 30 heavy (non-hydrogen) atoms. The largest absolute Gasteiger partial charge is 1.00 e. The van der Waals surface area contributed by atoms with Gasteiger partial charge in [0.2, 0.25) is 6.08 Å². The molecular formula is C17H34NNaO10S. The monoisotopic (exact) mass is 467 g/mol. The molecule has 0 aromatic carbocycles. The molecule has 0 amide bonds. The predicted octanol–water partition coefficient (Wildman–Crippen LogP) is -0.482. The molecule has 0 rings (SSSR count). The van der Waals surface area contributed by atoms with Crippen LogP contribution < -0.4 is 29.6 Å². The third-order valence-corrected chi connectivity index (χ3v) is 3.22. The third-order valence-electron chi connectivity index (χ3n) is 3.22. The number of nitrogens with zero attached hydrogens (tertiary/aromatic N) is 1. The molecule has 0 spiro atoms. The Balaban J connectivity index is -0.000000108. The molecule has 0 bridgehead atoms. The molecule has 174 valence electrons. The number of isocyanates is 1. The maximum Gasteiger partial charge on any atom is 1.00 e. The van der Waals surface area contributed by atoms with Gasteiger partial charge in [-0.2, -0.15) is 19.8 Å². The predicted molar refractivity (Wildman–Crippen MR) is 107 cm³/mol. The summed E-state index contributed by atoms with van der Waals surface area (Å²) in [6.45, 7) is 6.12. The van der Waals surface area contributed by atoms with Crippen LogP contribution in [0.2, 0.25) is 0 Å². The molecule has 0 fully saturated rings. The summed E-state index contributed by atoms with van der Waals surface area (Å²) >= 11 is 0. The summed E-state index contributed by atoms with van der Waals surface area (Å²) in [7, 11) is -4.67. The van der Waals surface area contributed by atoms with Crippen LogP contribution in [0.1, 0.15) is 77.6 Å². The van der Waals surface area contributed by atoms with Gasteiger partial charge in [-0.15, -0.1) is 0 Å². The van der Waals surface area contributed by atoms with Gasteiger partial charge in [0.05, 0.1) is 6.42 Å². The van der Waals surface area contributed by atoms with Gasteiger partial charge in [0, 0.05) is 0 Å². The van der Waals surface area contributed by atoms with Gasteiger partial charge in [-0.05, 0) is 0 Å². The minimum absolute atomic E-state index is 0. The Morgan fingerprint density at radius 1 is 0.967 bits per heavy atom. The van der Waals surface area contributed by atoms with Crippen LogP contribution in [0.4, 0.5) is 0 Å².